The Bertz CT molecular complexity index is 364. The summed E-state index contributed by atoms with van der Waals surface area (Å²) < 4.78 is 5.81. The SMILES string of the molecule is COC1CCC(C23CCC(CC2)C3)C2CC=CCC12. The van der Waals surface area contributed by atoms with E-state index in [0.717, 1.165) is 29.1 Å². The zero-order valence-electron chi connectivity index (χ0n) is 12.3. The first-order chi connectivity index (χ1) is 9.32. The fourth-order valence-corrected chi connectivity index (χ4v) is 6.33. The van der Waals surface area contributed by atoms with Gasteiger partial charge in [-0.25, -0.2) is 0 Å². The molecule has 2 bridgehead atoms. The van der Waals surface area contributed by atoms with Crippen LogP contribution >= 0.6 is 0 Å². The number of allylic oxidation sites excluding steroid dienone is 2. The Hall–Kier alpha value is -0.300. The lowest BCUT2D eigenvalue weighted by Crippen LogP contribution is -2.45. The largest absolute Gasteiger partial charge is 0.381 e. The summed E-state index contributed by atoms with van der Waals surface area (Å²) in [5.74, 6) is 3.86. The van der Waals surface area contributed by atoms with Gasteiger partial charge in [0.1, 0.15) is 0 Å². The van der Waals surface area contributed by atoms with Gasteiger partial charge >= 0.3 is 0 Å². The van der Waals surface area contributed by atoms with Crippen molar-refractivity contribution >= 4 is 0 Å². The molecule has 19 heavy (non-hydrogen) atoms. The van der Waals surface area contributed by atoms with Crippen molar-refractivity contribution in [2.45, 2.75) is 63.9 Å². The fourth-order valence-electron chi connectivity index (χ4n) is 6.33. The van der Waals surface area contributed by atoms with Crippen LogP contribution in [0.2, 0.25) is 0 Å². The Morgan fingerprint density at radius 3 is 2.32 bits per heavy atom. The third kappa shape index (κ3) is 1.84. The summed E-state index contributed by atoms with van der Waals surface area (Å²) in [7, 11) is 1.93. The summed E-state index contributed by atoms with van der Waals surface area (Å²) in [6.45, 7) is 0. The van der Waals surface area contributed by atoms with Crippen LogP contribution < -0.4 is 0 Å². The number of fused-ring (bicyclic) bond motifs is 3. The van der Waals surface area contributed by atoms with Crippen molar-refractivity contribution in [3.05, 3.63) is 12.2 Å². The van der Waals surface area contributed by atoms with E-state index >= 15 is 0 Å². The third-order valence-electron chi connectivity index (χ3n) is 7.18. The van der Waals surface area contributed by atoms with E-state index in [9.17, 15) is 0 Å². The minimum absolute atomic E-state index is 0.543. The van der Waals surface area contributed by atoms with Crippen LogP contribution in [0.1, 0.15) is 57.8 Å². The van der Waals surface area contributed by atoms with Gasteiger partial charge in [-0.1, -0.05) is 12.2 Å². The molecule has 0 aromatic rings. The molecule has 4 aliphatic rings. The summed E-state index contributed by atoms with van der Waals surface area (Å²) in [5, 5.41) is 0. The molecule has 1 nitrogen and oxygen atoms in total. The Labute approximate surface area is 117 Å². The molecule has 106 valence electrons. The second-order valence-corrected chi connectivity index (χ2v) is 7.74. The first-order valence-electron chi connectivity index (χ1n) is 8.50. The molecule has 0 amide bonds. The van der Waals surface area contributed by atoms with Crippen molar-refractivity contribution in [2.75, 3.05) is 7.11 Å². The molecular weight excluding hydrogens is 232 g/mol. The zero-order chi connectivity index (χ0) is 12.9. The molecule has 1 heteroatoms. The highest BCUT2D eigenvalue weighted by Gasteiger charge is 2.54. The predicted molar refractivity (Wildman–Crippen MR) is 77.9 cm³/mol. The van der Waals surface area contributed by atoms with E-state index in [-0.39, 0.29) is 0 Å². The van der Waals surface area contributed by atoms with Crippen molar-refractivity contribution in [1.29, 1.82) is 0 Å². The van der Waals surface area contributed by atoms with E-state index in [1.807, 2.05) is 7.11 Å². The standard InChI is InChI=1S/C18H28O/c1-19-17-7-6-16(14-4-2-3-5-15(14)17)18-10-8-13(12-18)9-11-18/h2-3,13-17H,4-12H2,1H3. The molecule has 0 aromatic carbocycles. The number of ether oxygens (including phenoxy) is 1. The van der Waals surface area contributed by atoms with Crippen LogP contribution in [-0.2, 0) is 4.74 Å². The summed E-state index contributed by atoms with van der Waals surface area (Å²) in [5.41, 5.74) is 0.761. The molecule has 0 aliphatic heterocycles. The van der Waals surface area contributed by atoms with E-state index in [2.05, 4.69) is 12.2 Å². The van der Waals surface area contributed by atoms with Crippen LogP contribution in [0.25, 0.3) is 0 Å². The average Bonchev–Trinajstić information content (AvgIpc) is 3.07. The molecule has 0 saturated heterocycles. The van der Waals surface area contributed by atoms with Crippen LogP contribution in [0.15, 0.2) is 12.2 Å². The summed E-state index contributed by atoms with van der Waals surface area (Å²) in [6.07, 6.45) is 18.5. The van der Waals surface area contributed by atoms with E-state index in [0.29, 0.717) is 6.10 Å². The van der Waals surface area contributed by atoms with Crippen LogP contribution in [-0.4, -0.2) is 13.2 Å². The highest BCUT2D eigenvalue weighted by molar-refractivity contribution is 5.08. The van der Waals surface area contributed by atoms with Gasteiger partial charge in [-0.15, -0.1) is 0 Å². The maximum absolute atomic E-state index is 5.81. The first-order valence-corrected chi connectivity index (χ1v) is 8.50. The van der Waals surface area contributed by atoms with Crippen LogP contribution in [0, 0.1) is 29.1 Å². The Morgan fingerprint density at radius 2 is 1.68 bits per heavy atom. The van der Waals surface area contributed by atoms with Gasteiger partial charge in [-0.3, -0.25) is 0 Å². The van der Waals surface area contributed by atoms with E-state index in [1.54, 1.807) is 19.3 Å². The Kier molecular flexibility index (Phi) is 3.02. The zero-order valence-corrected chi connectivity index (χ0v) is 12.3. The van der Waals surface area contributed by atoms with Crippen LogP contribution in [0.5, 0.6) is 0 Å². The second kappa shape index (κ2) is 4.62. The molecule has 4 aliphatic carbocycles. The quantitative estimate of drug-likeness (QED) is 0.661. The van der Waals surface area contributed by atoms with Gasteiger partial charge in [0.25, 0.3) is 0 Å². The average molecular weight is 260 g/mol. The topological polar surface area (TPSA) is 9.23 Å². The number of hydrogen-bond donors (Lipinski definition) is 0. The van der Waals surface area contributed by atoms with Gasteiger partial charge in [-0.2, -0.15) is 0 Å². The number of hydrogen-bond acceptors (Lipinski definition) is 1. The maximum atomic E-state index is 5.81. The second-order valence-electron chi connectivity index (χ2n) is 7.74. The number of rotatable bonds is 2. The highest BCUT2D eigenvalue weighted by atomic mass is 16.5. The molecule has 4 atom stereocenters. The third-order valence-corrected chi connectivity index (χ3v) is 7.18. The van der Waals surface area contributed by atoms with Crippen molar-refractivity contribution in [3.8, 4) is 0 Å². The van der Waals surface area contributed by atoms with Crippen molar-refractivity contribution in [3.63, 3.8) is 0 Å². The smallest absolute Gasteiger partial charge is 0.0605 e. The molecule has 4 unspecified atom stereocenters. The molecule has 0 N–H and O–H groups in total. The van der Waals surface area contributed by atoms with E-state index in [4.69, 9.17) is 4.74 Å². The molecule has 3 fully saturated rings. The van der Waals surface area contributed by atoms with Crippen molar-refractivity contribution in [1.82, 2.24) is 0 Å². The minimum Gasteiger partial charge on any atom is -0.381 e. The van der Waals surface area contributed by atoms with Gasteiger partial charge in [0.15, 0.2) is 0 Å². The van der Waals surface area contributed by atoms with E-state index < -0.39 is 0 Å². The van der Waals surface area contributed by atoms with Gasteiger partial charge in [0.2, 0.25) is 0 Å². The summed E-state index contributed by atoms with van der Waals surface area (Å²) in [4.78, 5) is 0. The van der Waals surface area contributed by atoms with Gasteiger partial charge in [0.05, 0.1) is 6.10 Å². The Balaban J connectivity index is 1.61. The molecule has 0 aromatic heterocycles. The molecule has 0 radical (unpaired) electrons. The van der Waals surface area contributed by atoms with Crippen molar-refractivity contribution < 1.29 is 4.74 Å². The molecule has 3 saturated carbocycles. The van der Waals surface area contributed by atoms with Crippen LogP contribution in [0.4, 0.5) is 0 Å². The van der Waals surface area contributed by atoms with Gasteiger partial charge in [0, 0.05) is 7.11 Å². The molecule has 0 spiro atoms. The fraction of sp³-hybridized carbons (Fsp3) is 0.889. The molecular formula is C18H28O. The lowest BCUT2D eigenvalue weighted by molar-refractivity contribution is -0.0632. The monoisotopic (exact) mass is 260 g/mol. The molecule has 0 heterocycles. The van der Waals surface area contributed by atoms with Crippen LogP contribution in [0.3, 0.4) is 0 Å². The van der Waals surface area contributed by atoms with Gasteiger partial charge < -0.3 is 4.74 Å². The van der Waals surface area contributed by atoms with E-state index in [1.165, 1.54) is 38.5 Å². The maximum Gasteiger partial charge on any atom is 0.0605 e. The normalized spacial score (nSPS) is 52.4. The summed E-state index contributed by atoms with van der Waals surface area (Å²) >= 11 is 0. The predicted octanol–water partition coefficient (Wildman–Crippen LogP) is 4.57. The number of methoxy groups -OCH3 is 1. The lowest BCUT2D eigenvalue weighted by atomic mass is 9.56. The summed E-state index contributed by atoms with van der Waals surface area (Å²) in [6, 6.07) is 0. The highest BCUT2D eigenvalue weighted by Crippen LogP contribution is 2.63. The Morgan fingerprint density at radius 1 is 0.947 bits per heavy atom. The molecule has 4 rings (SSSR count). The van der Waals surface area contributed by atoms with Gasteiger partial charge in [-0.05, 0) is 86.9 Å². The first kappa shape index (κ1) is 12.4. The van der Waals surface area contributed by atoms with Crippen molar-refractivity contribution in [2.24, 2.45) is 29.1 Å². The minimum atomic E-state index is 0.543. The lowest BCUT2D eigenvalue weighted by Gasteiger charge is -2.50.